The topological polar surface area (TPSA) is 109 Å². The zero-order valence-electron chi connectivity index (χ0n) is 17.3. The number of carbonyl (C=O) groups excluding carboxylic acids is 2. The van der Waals surface area contributed by atoms with Gasteiger partial charge in [0.2, 0.25) is 5.91 Å². The smallest absolute Gasteiger partial charge is 0.276 e. The summed E-state index contributed by atoms with van der Waals surface area (Å²) in [4.78, 5) is 23.9. The number of nitrogens with one attached hydrogen (secondary N) is 2. The van der Waals surface area contributed by atoms with E-state index in [0.29, 0.717) is 23.7 Å². The molecule has 0 fully saturated rings. The molecular formula is C21H27N5O3. The molecular weight excluding hydrogens is 370 g/mol. The number of aromatic nitrogens is 2. The minimum atomic E-state index is -0.472. The first kappa shape index (κ1) is 22.0. The van der Waals surface area contributed by atoms with Crippen molar-refractivity contribution in [3.8, 4) is 11.8 Å². The van der Waals surface area contributed by atoms with Crippen molar-refractivity contribution in [2.24, 2.45) is 5.92 Å². The number of aryl methyl sites for hydroxylation is 1. The molecule has 0 radical (unpaired) electrons. The second kappa shape index (κ2) is 10.3. The summed E-state index contributed by atoms with van der Waals surface area (Å²) in [7, 11) is 0. The van der Waals surface area contributed by atoms with Crippen LogP contribution >= 0.6 is 0 Å². The maximum Gasteiger partial charge on any atom is 0.276 e. The van der Waals surface area contributed by atoms with Crippen LogP contribution in [0, 0.1) is 31.1 Å². The van der Waals surface area contributed by atoms with E-state index in [4.69, 9.17) is 10.00 Å². The molecule has 1 aromatic carbocycles. The van der Waals surface area contributed by atoms with E-state index in [0.717, 1.165) is 23.5 Å². The van der Waals surface area contributed by atoms with E-state index in [1.807, 2.05) is 24.6 Å². The van der Waals surface area contributed by atoms with Crippen LogP contribution in [0.3, 0.4) is 0 Å². The largest absolute Gasteiger partial charge is 0.484 e. The van der Waals surface area contributed by atoms with Crippen molar-refractivity contribution in [1.29, 1.82) is 5.26 Å². The maximum absolute atomic E-state index is 12.0. The Morgan fingerprint density at radius 2 is 1.83 bits per heavy atom. The first-order valence-corrected chi connectivity index (χ1v) is 9.53. The molecule has 0 unspecified atom stereocenters. The number of carbonyl (C=O) groups is 2. The molecule has 2 amide bonds. The number of amides is 2. The van der Waals surface area contributed by atoms with Crippen LogP contribution in [0.5, 0.6) is 5.75 Å². The summed E-state index contributed by atoms with van der Waals surface area (Å²) >= 11 is 0. The van der Waals surface area contributed by atoms with E-state index in [-0.39, 0.29) is 18.9 Å². The second-order valence-electron chi connectivity index (χ2n) is 7.25. The first-order chi connectivity index (χ1) is 13.8. The molecule has 2 aromatic rings. The number of hydrazine groups is 1. The van der Waals surface area contributed by atoms with Crippen LogP contribution in [0.15, 0.2) is 24.3 Å². The van der Waals surface area contributed by atoms with Gasteiger partial charge in [-0.3, -0.25) is 25.1 Å². The zero-order chi connectivity index (χ0) is 21.4. The fourth-order valence-corrected chi connectivity index (χ4v) is 2.87. The van der Waals surface area contributed by atoms with Crippen LogP contribution < -0.4 is 15.6 Å². The highest BCUT2D eigenvalue weighted by molar-refractivity contribution is 5.82. The average Bonchev–Trinajstić information content (AvgIpc) is 2.95. The third-order valence-electron chi connectivity index (χ3n) is 4.37. The van der Waals surface area contributed by atoms with Crippen molar-refractivity contribution in [1.82, 2.24) is 20.6 Å². The van der Waals surface area contributed by atoms with Crippen molar-refractivity contribution >= 4 is 11.8 Å². The van der Waals surface area contributed by atoms with Gasteiger partial charge in [-0.05, 0) is 56.0 Å². The van der Waals surface area contributed by atoms with Crippen molar-refractivity contribution in [2.45, 2.75) is 47.1 Å². The van der Waals surface area contributed by atoms with Gasteiger partial charge in [0.1, 0.15) is 5.75 Å². The molecule has 1 heterocycles. The van der Waals surface area contributed by atoms with Crippen LogP contribution in [0.2, 0.25) is 0 Å². The van der Waals surface area contributed by atoms with Gasteiger partial charge in [0.05, 0.1) is 17.3 Å². The Labute approximate surface area is 170 Å². The van der Waals surface area contributed by atoms with Gasteiger partial charge in [0, 0.05) is 18.7 Å². The third kappa shape index (κ3) is 6.64. The van der Waals surface area contributed by atoms with Gasteiger partial charge < -0.3 is 4.74 Å². The minimum absolute atomic E-state index is 0.242. The fraction of sp³-hybridized carbons (Fsp3) is 0.429. The molecule has 0 spiro atoms. The van der Waals surface area contributed by atoms with Gasteiger partial charge in [-0.15, -0.1) is 0 Å². The number of ether oxygens (including phenoxy) is 1. The van der Waals surface area contributed by atoms with Gasteiger partial charge in [-0.2, -0.15) is 10.4 Å². The molecule has 0 saturated heterocycles. The Kier molecular flexibility index (Phi) is 7.78. The zero-order valence-corrected chi connectivity index (χ0v) is 17.3. The molecule has 0 aliphatic heterocycles. The molecule has 0 saturated carbocycles. The third-order valence-corrected chi connectivity index (χ3v) is 4.37. The standard InChI is InChI=1S/C21H27N5O3/c1-14(2)12-26-16(4)19(15(3)25-26)9-10-20(27)23-24-21(28)13-29-18-7-5-17(11-22)6-8-18/h5-8,14H,9-10,12-13H2,1-4H3,(H,23,27)(H,24,28). The summed E-state index contributed by atoms with van der Waals surface area (Å²) in [5.74, 6) is 0.202. The summed E-state index contributed by atoms with van der Waals surface area (Å²) in [5, 5.41) is 13.3. The minimum Gasteiger partial charge on any atom is -0.484 e. The molecule has 0 aliphatic rings. The molecule has 8 heteroatoms. The molecule has 0 atom stereocenters. The van der Waals surface area contributed by atoms with Gasteiger partial charge >= 0.3 is 0 Å². The highest BCUT2D eigenvalue weighted by atomic mass is 16.5. The van der Waals surface area contributed by atoms with E-state index < -0.39 is 5.91 Å². The van der Waals surface area contributed by atoms with Crippen molar-refractivity contribution in [3.05, 3.63) is 46.8 Å². The highest BCUT2D eigenvalue weighted by Gasteiger charge is 2.14. The highest BCUT2D eigenvalue weighted by Crippen LogP contribution is 2.16. The van der Waals surface area contributed by atoms with E-state index in [1.54, 1.807) is 24.3 Å². The average molecular weight is 397 g/mol. The van der Waals surface area contributed by atoms with Crippen molar-refractivity contribution in [3.63, 3.8) is 0 Å². The molecule has 0 bridgehead atoms. The molecule has 1 aromatic heterocycles. The lowest BCUT2D eigenvalue weighted by molar-refractivity contribution is -0.130. The number of nitrogens with zero attached hydrogens (tertiary/aromatic N) is 3. The Balaban J connectivity index is 1.74. The number of nitriles is 1. The van der Waals surface area contributed by atoms with Crippen LogP contribution in [0.1, 0.15) is 42.8 Å². The second-order valence-corrected chi connectivity index (χ2v) is 7.25. The molecule has 8 nitrogen and oxygen atoms in total. The molecule has 2 rings (SSSR count). The molecule has 154 valence electrons. The lowest BCUT2D eigenvalue weighted by Crippen LogP contribution is -2.43. The Hall–Kier alpha value is -3.34. The predicted molar refractivity (Wildman–Crippen MR) is 108 cm³/mol. The Morgan fingerprint density at radius 3 is 2.45 bits per heavy atom. The van der Waals surface area contributed by atoms with Crippen molar-refractivity contribution < 1.29 is 14.3 Å². The van der Waals surface area contributed by atoms with Gasteiger partial charge in [-0.25, -0.2) is 0 Å². The fourth-order valence-electron chi connectivity index (χ4n) is 2.87. The van der Waals surface area contributed by atoms with Gasteiger partial charge in [0.15, 0.2) is 6.61 Å². The summed E-state index contributed by atoms with van der Waals surface area (Å²) in [6.07, 6.45) is 0.797. The van der Waals surface area contributed by atoms with Crippen LogP contribution in [0.4, 0.5) is 0 Å². The normalized spacial score (nSPS) is 10.5. The number of hydrogen-bond acceptors (Lipinski definition) is 5. The molecule has 0 aliphatic carbocycles. The monoisotopic (exact) mass is 397 g/mol. The summed E-state index contributed by atoms with van der Waals surface area (Å²) in [6.45, 7) is 8.83. The summed E-state index contributed by atoms with van der Waals surface area (Å²) in [5.41, 5.74) is 8.31. The summed E-state index contributed by atoms with van der Waals surface area (Å²) in [6, 6.07) is 8.41. The van der Waals surface area contributed by atoms with Crippen LogP contribution in [-0.4, -0.2) is 28.2 Å². The van der Waals surface area contributed by atoms with Gasteiger partial charge in [0.25, 0.3) is 5.91 Å². The van der Waals surface area contributed by atoms with E-state index in [2.05, 4.69) is 29.8 Å². The molecule has 2 N–H and O–H groups in total. The summed E-state index contributed by atoms with van der Waals surface area (Å²) < 4.78 is 7.29. The van der Waals surface area contributed by atoms with Crippen molar-refractivity contribution in [2.75, 3.05) is 6.61 Å². The molecule has 29 heavy (non-hydrogen) atoms. The van der Waals surface area contributed by atoms with Gasteiger partial charge in [-0.1, -0.05) is 13.8 Å². The number of hydrogen-bond donors (Lipinski definition) is 2. The van der Waals surface area contributed by atoms with E-state index >= 15 is 0 Å². The van der Waals surface area contributed by atoms with E-state index in [9.17, 15) is 9.59 Å². The van der Waals surface area contributed by atoms with E-state index in [1.165, 1.54) is 0 Å². The number of benzene rings is 1. The quantitative estimate of drug-likeness (QED) is 0.664. The van der Waals surface area contributed by atoms with Crippen LogP contribution in [0.25, 0.3) is 0 Å². The lowest BCUT2D eigenvalue weighted by atomic mass is 10.1. The Bertz CT molecular complexity index is 894. The predicted octanol–water partition coefficient (Wildman–Crippen LogP) is 2.19. The first-order valence-electron chi connectivity index (χ1n) is 9.53. The number of rotatable bonds is 8. The Morgan fingerprint density at radius 1 is 1.17 bits per heavy atom. The lowest BCUT2D eigenvalue weighted by Gasteiger charge is -2.09. The van der Waals surface area contributed by atoms with Crippen LogP contribution in [-0.2, 0) is 22.6 Å². The SMILES string of the molecule is Cc1nn(CC(C)C)c(C)c1CCC(=O)NNC(=O)COc1ccc(C#N)cc1. The maximum atomic E-state index is 12.0.